The van der Waals surface area contributed by atoms with Gasteiger partial charge in [0.2, 0.25) is 10.0 Å². The van der Waals surface area contributed by atoms with Crippen LogP contribution in [0.4, 0.5) is 10.5 Å². The van der Waals surface area contributed by atoms with Gasteiger partial charge in [-0.1, -0.05) is 48.9 Å². The predicted molar refractivity (Wildman–Crippen MR) is 171 cm³/mol. The van der Waals surface area contributed by atoms with Gasteiger partial charge in [0.15, 0.2) is 0 Å². The second kappa shape index (κ2) is 15.7. The summed E-state index contributed by atoms with van der Waals surface area (Å²) in [5, 5.41) is 29.2. The number of aliphatic hydroxyl groups is 2. The number of nitrogens with zero attached hydrogens (tertiary/aromatic N) is 1. The van der Waals surface area contributed by atoms with Crippen molar-refractivity contribution < 1.29 is 38.1 Å². The number of benzene rings is 3. The average molecular weight is 640 g/mol. The van der Waals surface area contributed by atoms with Crippen LogP contribution in [0.15, 0.2) is 66.7 Å². The molecular weight excluding hydrogens is 598 g/mol. The highest BCUT2D eigenvalue weighted by atomic mass is 32.2. The summed E-state index contributed by atoms with van der Waals surface area (Å²) in [6, 6.07) is 19.3. The number of carbonyl (C=O) groups excluding carboxylic acids is 1. The van der Waals surface area contributed by atoms with Crippen LogP contribution < -0.4 is 15.2 Å². The molecule has 1 atom stereocenters. The van der Waals surface area contributed by atoms with Gasteiger partial charge in [-0.15, -0.1) is 0 Å². The first-order valence-corrected chi connectivity index (χ1v) is 16.8. The first-order chi connectivity index (χ1) is 21.5. The maximum Gasteiger partial charge on any atom is 0.407 e. The van der Waals surface area contributed by atoms with E-state index in [0.29, 0.717) is 23.4 Å². The number of aliphatic hydroxyl groups excluding tert-OH is 2. The third-order valence-electron chi connectivity index (χ3n) is 7.81. The monoisotopic (exact) mass is 639 g/mol. The molecule has 4 rings (SSSR count). The zero-order valence-corrected chi connectivity index (χ0v) is 25.9. The number of nitrogens with two attached hydrogens (primary N) is 1. The van der Waals surface area contributed by atoms with Crippen LogP contribution in [0.25, 0.3) is 11.1 Å². The number of amides is 2. The van der Waals surface area contributed by atoms with Gasteiger partial charge in [0.1, 0.15) is 5.75 Å². The molecule has 0 bridgehead atoms. The van der Waals surface area contributed by atoms with E-state index in [9.17, 15) is 28.2 Å². The molecule has 3 aromatic rings. The van der Waals surface area contributed by atoms with Crippen LogP contribution in [0.3, 0.4) is 0 Å². The van der Waals surface area contributed by atoms with E-state index in [2.05, 4.69) is 4.72 Å². The lowest BCUT2D eigenvalue weighted by Crippen LogP contribution is -2.35. The lowest BCUT2D eigenvalue weighted by atomic mass is 9.97. The Morgan fingerprint density at radius 1 is 1.00 bits per heavy atom. The number of sulfonamides is 1. The lowest BCUT2D eigenvalue weighted by Gasteiger charge is -2.24. The highest BCUT2D eigenvalue weighted by molar-refractivity contribution is 7.90. The SMILES string of the molecule is Nc1cccc([C@@H](O)CN(CCc2ccc(-c3ccc(C(=O)NS(=O)(=O)CCCO)c(OC4CCCCC4)c3)cc2)C(=O)O)c1. The van der Waals surface area contributed by atoms with E-state index in [1.54, 1.807) is 42.5 Å². The van der Waals surface area contributed by atoms with Crippen LogP contribution in [0, 0.1) is 0 Å². The van der Waals surface area contributed by atoms with Crippen LogP contribution in [0.2, 0.25) is 0 Å². The summed E-state index contributed by atoms with van der Waals surface area (Å²) in [6.45, 7) is -0.217. The van der Waals surface area contributed by atoms with Gasteiger partial charge in [-0.3, -0.25) is 4.79 Å². The predicted octanol–water partition coefficient (Wildman–Crippen LogP) is 4.35. The molecule has 1 saturated carbocycles. The summed E-state index contributed by atoms with van der Waals surface area (Å²) in [5.41, 5.74) is 9.43. The van der Waals surface area contributed by atoms with Gasteiger partial charge in [-0.25, -0.2) is 17.9 Å². The molecule has 1 fully saturated rings. The highest BCUT2D eigenvalue weighted by Crippen LogP contribution is 2.31. The van der Waals surface area contributed by atoms with Crippen molar-refractivity contribution in [2.45, 2.75) is 57.2 Å². The molecule has 12 heteroatoms. The van der Waals surface area contributed by atoms with E-state index in [0.717, 1.165) is 48.8 Å². The fraction of sp³-hybridized carbons (Fsp3) is 0.394. The summed E-state index contributed by atoms with van der Waals surface area (Å²) in [5.74, 6) is -0.857. The van der Waals surface area contributed by atoms with Crippen LogP contribution >= 0.6 is 0 Å². The molecule has 0 aliphatic heterocycles. The number of hydrogen-bond donors (Lipinski definition) is 5. The second-order valence-corrected chi connectivity index (χ2v) is 13.1. The molecule has 0 aromatic heterocycles. The largest absolute Gasteiger partial charge is 0.490 e. The van der Waals surface area contributed by atoms with Crippen molar-refractivity contribution in [3.05, 3.63) is 83.4 Å². The number of rotatable bonds is 14. The van der Waals surface area contributed by atoms with Crippen molar-refractivity contribution in [3.8, 4) is 16.9 Å². The maximum absolute atomic E-state index is 13.0. The second-order valence-electron chi connectivity index (χ2n) is 11.3. The first-order valence-electron chi connectivity index (χ1n) is 15.1. The molecule has 242 valence electrons. The van der Waals surface area contributed by atoms with Crippen LogP contribution in [0.5, 0.6) is 5.75 Å². The van der Waals surface area contributed by atoms with Gasteiger partial charge in [-0.2, -0.15) is 0 Å². The van der Waals surface area contributed by atoms with Gasteiger partial charge < -0.3 is 30.7 Å². The van der Waals surface area contributed by atoms with E-state index in [4.69, 9.17) is 15.6 Å². The molecule has 1 aliphatic rings. The summed E-state index contributed by atoms with van der Waals surface area (Å²) < 4.78 is 33.0. The molecule has 0 unspecified atom stereocenters. The van der Waals surface area contributed by atoms with Crippen molar-refractivity contribution in [2.75, 3.05) is 31.2 Å². The van der Waals surface area contributed by atoms with Gasteiger partial charge in [0.05, 0.1) is 30.1 Å². The van der Waals surface area contributed by atoms with E-state index in [-0.39, 0.29) is 43.5 Å². The molecule has 3 aromatic carbocycles. The number of ether oxygens (including phenoxy) is 1. The zero-order chi connectivity index (χ0) is 32.4. The first kappa shape index (κ1) is 33.8. The average Bonchev–Trinajstić information content (AvgIpc) is 3.02. The van der Waals surface area contributed by atoms with Crippen LogP contribution in [-0.4, -0.2) is 72.2 Å². The van der Waals surface area contributed by atoms with Gasteiger partial charge in [0, 0.05) is 18.8 Å². The van der Waals surface area contributed by atoms with Crippen LogP contribution in [0.1, 0.15) is 66.1 Å². The molecule has 6 N–H and O–H groups in total. The van der Waals surface area contributed by atoms with Crippen molar-refractivity contribution in [3.63, 3.8) is 0 Å². The Hall–Kier alpha value is -4.13. The molecule has 0 heterocycles. The number of hydrogen-bond acceptors (Lipinski definition) is 8. The van der Waals surface area contributed by atoms with Gasteiger partial charge in [-0.05, 0) is 85.0 Å². The number of nitrogen functional groups attached to an aromatic ring is 1. The molecule has 0 spiro atoms. The smallest absolute Gasteiger partial charge is 0.407 e. The summed E-state index contributed by atoms with van der Waals surface area (Å²) >= 11 is 0. The number of carbonyl (C=O) groups is 2. The summed E-state index contributed by atoms with van der Waals surface area (Å²) in [7, 11) is -3.92. The zero-order valence-electron chi connectivity index (χ0n) is 25.1. The third kappa shape index (κ3) is 9.93. The standard InChI is InChI=1S/C33H41N3O8S/c34-27-7-4-6-26(20-27)30(38)22-36(33(40)41)17-16-23-10-12-24(13-11-23)25-14-15-29(32(39)35-45(42,43)19-5-18-37)31(21-25)44-28-8-2-1-3-9-28/h4,6-7,10-15,20-21,28,30,37-38H,1-3,5,8-9,16-19,22,34H2,(H,35,39)(H,40,41)/t30-/m0/s1. The van der Waals surface area contributed by atoms with Gasteiger partial charge in [0.25, 0.3) is 5.91 Å². The molecule has 2 amide bonds. The van der Waals surface area contributed by atoms with E-state index < -0.39 is 28.1 Å². The Bertz CT molecular complexity index is 1560. The molecule has 0 radical (unpaired) electrons. The summed E-state index contributed by atoms with van der Waals surface area (Å²) in [4.78, 5) is 26.1. The Kier molecular flexibility index (Phi) is 11.8. The van der Waals surface area contributed by atoms with E-state index >= 15 is 0 Å². The summed E-state index contributed by atoms with van der Waals surface area (Å²) in [6.07, 6.45) is 3.06. The number of nitrogens with one attached hydrogen (secondary N) is 1. The van der Waals surface area contributed by atoms with Crippen molar-refractivity contribution in [2.24, 2.45) is 0 Å². The normalized spacial score (nSPS) is 14.4. The molecular formula is C33H41N3O8S. The Labute approximate surface area is 263 Å². The molecule has 0 saturated heterocycles. The fourth-order valence-electron chi connectivity index (χ4n) is 5.32. The topological polar surface area (TPSA) is 179 Å². The molecule has 1 aliphatic carbocycles. The lowest BCUT2D eigenvalue weighted by molar-refractivity contribution is 0.0967. The molecule has 45 heavy (non-hydrogen) atoms. The molecule has 11 nitrogen and oxygen atoms in total. The minimum absolute atomic E-state index is 0.0164. The van der Waals surface area contributed by atoms with E-state index in [1.165, 1.54) is 4.90 Å². The Morgan fingerprint density at radius 2 is 1.71 bits per heavy atom. The van der Waals surface area contributed by atoms with Gasteiger partial charge >= 0.3 is 6.09 Å². The third-order valence-corrected chi connectivity index (χ3v) is 9.13. The fourth-order valence-corrected chi connectivity index (χ4v) is 6.33. The highest BCUT2D eigenvalue weighted by Gasteiger charge is 2.23. The number of carboxylic acid groups (broad SMARTS) is 1. The Morgan fingerprint density at radius 3 is 2.38 bits per heavy atom. The van der Waals surface area contributed by atoms with Crippen LogP contribution in [-0.2, 0) is 16.4 Å². The maximum atomic E-state index is 13.0. The minimum atomic E-state index is -3.92. The van der Waals surface area contributed by atoms with E-state index in [1.807, 2.05) is 24.3 Å². The number of anilines is 1. The minimum Gasteiger partial charge on any atom is -0.490 e. The Balaban J connectivity index is 1.47. The quantitative estimate of drug-likeness (QED) is 0.160. The van der Waals surface area contributed by atoms with Crippen molar-refractivity contribution in [1.29, 1.82) is 0 Å². The van der Waals surface area contributed by atoms with Crippen molar-refractivity contribution >= 4 is 27.7 Å². The van der Waals surface area contributed by atoms with Crippen molar-refractivity contribution in [1.82, 2.24) is 9.62 Å².